The third-order valence-electron chi connectivity index (χ3n) is 4.04. The van der Waals surface area contributed by atoms with Crippen molar-refractivity contribution in [1.82, 2.24) is 15.1 Å². The summed E-state index contributed by atoms with van der Waals surface area (Å²) in [5.74, 6) is 1.44. The number of ether oxygens (including phenoxy) is 1. The highest BCUT2D eigenvalue weighted by molar-refractivity contribution is 7.13. The molecule has 4 rings (SSSR count). The van der Waals surface area contributed by atoms with E-state index in [4.69, 9.17) is 14.2 Å². The van der Waals surface area contributed by atoms with Crippen molar-refractivity contribution in [3.63, 3.8) is 0 Å². The second-order valence-corrected chi connectivity index (χ2v) is 6.71. The Hall–Kier alpha value is -2.25. The van der Waals surface area contributed by atoms with Gasteiger partial charge in [-0.2, -0.15) is 0 Å². The van der Waals surface area contributed by atoms with Crippen LogP contribution in [-0.2, 0) is 4.74 Å². The topological polar surface area (TPSA) is 64.3 Å². The van der Waals surface area contributed by atoms with Gasteiger partial charge in [0.05, 0.1) is 35.0 Å². The number of hydrogen-bond donors (Lipinski definition) is 0. The quantitative estimate of drug-likeness (QED) is 0.727. The van der Waals surface area contributed by atoms with Gasteiger partial charge in [0.25, 0.3) is 0 Å². The molecule has 1 fully saturated rings. The van der Waals surface area contributed by atoms with E-state index in [2.05, 4.69) is 33.4 Å². The summed E-state index contributed by atoms with van der Waals surface area (Å²) in [5.41, 5.74) is 3.81. The van der Waals surface area contributed by atoms with Crippen molar-refractivity contribution in [1.29, 1.82) is 0 Å². The lowest BCUT2D eigenvalue weighted by Crippen LogP contribution is -2.37. The van der Waals surface area contributed by atoms with E-state index >= 15 is 0 Å². The first-order valence-electron chi connectivity index (χ1n) is 7.90. The van der Waals surface area contributed by atoms with E-state index in [1.165, 1.54) is 5.56 Å². The van der Waals surface area contributed by atoms with Gasteiger partial charge in [-0.05, 0) is 30.9 Å². The van der Waals surface area contributed by atoms with Gasteiger partial charge in [0.2, 0.25) is 5.95 Å². The SMILES string of the molecule is Cc1cc(-c2cnc(N3CCOCC3)nc2-c2sccc2C)on1. The van der Waals surface area contributed by atoms with Crippen molar-refractivity contribution >= 4 is 17.3 Å². The number of rotatable bonds is 3. The van der Waals surface area contributed by atoms with Crippen LogP contribution in [0, 0.1) is 13.8 Å². The molecule has 1 saturated heterocycles. The molecule has 0 aromatic carbocycles. The molecule has 1 aliphatic rings. The number of hydrogen-bond acceptors (Lipinski definition) is 7. The lowest BCUT2D eigenvalue weighted by Gasteiger charge is -2.27. The normalized spacial score (nSPS) is 15.0. The Morgan fingerprint density at radius 2 is 2.04 bits per heavy atom. The summed E-state index contributed by atoms with van der Waals surface area (Å²) in [6.07, 6.45) is 1.84. The molecule has 6 nitrogen and oxygen atoms in total. The van der Waals surface area contributed by atoms with E-state index in [0.717, 1.165) is 40.9 Å². The maximum Gasteiger partial charge on any atom is 0.226 e. The largest absolute Gasteiger partial charge is 0.378 e. The van der Waals surface area contributed by atoms with Crippen LogP contribution in [0.4, 0.5) is 5.95 Å². The first-order chi connectivity index (χ1) is 11.7. The summed E-state index contributed by atoms with van der Waals surface area (Å²) in [6, 6.07) is 4.02. The van der Waals surface area contributed by atoms with Crippen LogP contribution in [-0.4, -0.2) is 41.4 Å². The van der Waals surface area contributed by atoms with E-state index in [9.17, 15) is 0 Å². The molecule has 124 valence electrons. The number of anilines is 1. The Balaban J connectivity index is 1.83. The Morgan fingerprint density at radius 1 is 1.21 bits per heavy atom. The third kappa shape index (κ3) is 2.81. The molecule has 7 heteroatoms. The summed E-state index contributed by atoms with van der Waals surface area (Å²) in [4.78, 5) is 12.7. The van der Waals surface area contributed by atoms with E-state index in [1.807, 2.05) is 19.2 Å². The number of thiophene rings is 1. The van der Waals surface area contributed by atoms with Gasteiger partial charge in [-0.15, -0.1) is 11.3 Å². The predicted octanol–water partition coefficient (Wildman–Crippen LogP) is 3.31. The van der Waals surface area contributed by atoms with Crippen LogP contribution >= 0.6 is 11.3 Å². The van der Waals surface area contributed by atoms with Gasteiger partial charge in [0, 0.05) is 25.4 Å². The zero-order valence-corrected chi connectivity index (χ0v) is 14.5. The summed E-state index contributed by atoms with van der Waals surface area (Å²) in [6.45, 7) is 7.04. The van der Waals surface area contributed by atoms with Crippen LogP contribution in [0.25, 0.3) is 21.9 Å². The van der Waals surface area contributed by atoms with E-state index in [-0.39, 0.29) is 0 Å². The first-order valence-corrected chi connectivity index (χ1v) is 8.78. The molecule has 0 radical (unpaired) electrons. The number of aromatic nitrogens is 3. The van der Waals surface area contributed by atoms with Crippen LogP contribution in [0.3, 0.4) is 0 Å². The Labute approximate surface area is 144 Å². The second-order valence-electron chi connectivity index (χ2n) is 5.80. The van der Waals surface area contributed by atoms with Crippen molar-refractivity contribution in [3.8, 4) is 21.9 Å². The number of nitrogens with zero attached hydrogens (tertiary/aromatic N) is 4. The molecule has 0 unspecified atom stereocenters. The first kappa shape index (κ1) is 15.3. The Morgan fingerprint density at radius 3 is 2.71 bits per heavy atom. The van der Waals surface area contributed by atoms with Crippen molar-refractivity contribution in [2.75, 3.05) is 31.2 Å². The molecule has 3 aromatic heterocycles. The molecule has 3 aromatic rings. The van der Waals surface area contributed by atoms with E-state index < -0.39 is 0 Å². The van der Waals surface area contributed by atoms with Crippen LogP contribution in [0.2, 0.25) is 0 Å². The molecular formula is C17H18N4O2S. The van der Waals surface area contributed by atoms with Crippen molar-refractivity contribution < 1.29 is 9.26 Å². The molecule has 4 heterocycles. The third-order valence-corrected chi connectivity index (χ3v) is 5.06. The summed E-state index contributed by atoms with van der Waals surface area (Å²) in [7, 11) is 0. The van der Waals surface area contributed by atoms with E-state index in [1.54, 1.807) is 11.3 Å². The second kappa shape index (κ2) is 6.33. The smallest absolute Gasteiger partial charge is 0.226 e. The minimum absolute atomic E-state index is 0.698. The fourth-order valence-electron chi connectivity index (χ4n) is 2.75. The molecule has 0 N–H and O–H groups in total. The molecule has 0 amide bonds. The maximum absolute atomic E-state index is 5.46. The summed E-state index contributed by atoms with van der Waals surface area (Å²) >= 11 is 1.68. The molecule has 0 aliphatic carbocycles. The lowest BCUT2D eigenvalue weighted by atomic mass is 10.1. The number of morpholine rings is 1. The predicted molar refractivity (Wildman–Crippen MR) is 93.3 cm³/mol. The van der Waals surface area contributed by atoms with Gasteiger partial charge in [0.15, 0.2) is 5.76 Å². The van der Waals surface area contributed by atoms with Crippen molar-refractivity contribution in [3.05, 3.63) is 35.0 Å². The molecule has 0 atom stereocenters. The molecule has 0 bridgehead atoms. The summed E-state index contributed by atoms with van der Waals surface area (Å²) in [5, 5.41) is 6.08. The van der Waals surface area contributed by atoms with E-state index in [0.29, 0.717) is 19.0 Å². The average Bonchev–Trinajstić information content (AvgIpc) is 3.23. The van der Waals surface area contributed by atoms with Gasteiger partial charge in [0.1, 0.15) is 0 Å². The van der Waals surface area contributed by atoms with Crippen LogP contribution in [0.15, 0.2) is 28.2 Å². The van der Waals surface area contributed by atoms with Crippen LogP contribution in [0.5, 0.6) is 0 Å². The summed E-state index contributed by atoms with van der Waals surface area (Å²) < 4.78 is 10.9. The number of aryl methyl sites for hydroxylation is 2. The highest BCUT2D eigenvalue weighted by Crippen LogP contribution is 2.36. The Kier molecular flexibility index (Phi) is 4.03. The fraction of sp³-hybridized carbons (Fsp3) is 0.353. The van der Waals surface area contributed by atoms with Crippen LogP contribution < -0.4 is 4.90 Å². The van der Waals surface area contributed by atoms with Gasteiger partial charge in [-0.1, -0.05) is 5.16 Å². The fourth-order valence-corrected chi connectivity index (χ4v) is 3.68. The minimum Gasteiger partial charge on any atom is -0.378 e. The standard InChI is InChI=1S/C17H18N4O2S/c1-11-3-8-24-16(11)15-13(14-9-12(2)20-23-14)10-18-17(19-15)21-4-6-22-7-5-21/h3,8-10H,4-7H2,1-2H3. The lowest BCUT2D eigenvalue weighted by molar-refractivity contribution is 0.122. The maximum atomic E-state index is 5.46. The zero-order valence-electron chi connectivity index (χ0n) is 13.7. The van der Waals surface area contributed by atoms with Crippen LogP contribution in [0.1, 0.15) is 11.3 Å². The Bertz CT molecular complexity index is 852. The molecule has 1 aliphatic heterocycles. The zero-order chi connectivity index (χ0) is 16.5. The molecule has 0 saturated carbocycles. The van der Waals surface area contributed by atoms with Gasteiger partial charge >= 0.3 is 0 Å². The van der Waals surface area contributed by atoms with Gasteiger partial charge in [-0.3, -0.25) is 0 Å². The monoisotopic (exact) mass is 342 g/mol. The average molecular weight is 342 g/mol. The van der Waals surface area contributed by atoms with Crippen molar-refractivity contribution in [2.24, 2.45) is 0 Å². The van der Waals surface area contributed by atoms with Gasteiger partial charge < -0.3 is 14.2 Å². The van der Waals surface area contributed by atoms with Gasteiger partial charge in [-0.25, -0.2) is 9.97 Å². The highest BCUT2D eigenvalue weighted by Gasteiger charge is 2.20. The molecular weight excluding hydrogens is 324 g/mol. The molecule has 24 heavy (non-hydrogen) atoms. The molecule has 0 spiro atoms. The highest BCUT2D eigenvalue weighted by atomic mass is 32.1. The minimum atomic E-state index is 0.698. The van der Waals surface area contributed by atoms with Crippen molar-refractivity contribution in [2.45, 2.75) is 13.8 Å².